The highest BCUT2D eigenvalue weighted by Crippen LogP contribution is 2.03. The van der Waals surface area contributed by atoms with Gasteiger partial charge >= 0.3 is 0 Å². The lowest BCUT2D eigenvalue weighted by Gasteiger charge is -2.01. The Hall–Kier alpha value is -2.71. The molecule has 100 valence electrons. The van der Waals surface area contributed by atoms with Gasteiger partial charge in [0.2, 0.25) is 5.91 Å². The molecule has 0 fully saturated rings. The highest BCUT2D eigenvalue weighted by atomic mass is 16.2. The first-order valence-corrected chi connectivity index (χ1v) is 5.63. The number of hydrogen-bond acceptors (Lipinski definition) is 6. The monoisotopic (exact) mass is 263 g/mol. The van der Waals surface area contributed by atoms with E-state index >= 15 is 0 Å². The third-order valence-electron chi connectivity index (χ3n) is 2.33. The lowest BCUT2D eigenvalue weighted by atomic mass is 10.4. The lowest BCUT2D eigenvalue weighted by Crippen LogP contribution is -2.20. The van der Waals surface area contributed by atoms with Gasteiger partial charge in [-0.05, 0) is 0 Å². The summed E-state index contributed by atoms with van der Waals surface area (Å²) in [6.45, 7) is 1.66. The summed E-state index contributed by atoms with van der Waals surface area (Å²) in [4.78, 5) is 23.0. The van der Waals surface area contributed by atoms with Crippen LogP contribution < -0.4 is 11.1 Å². The second-order valence-electron chi connectivity index (χ2n) is 3.76. The maximum atomic E-state index is 11.8. The van der Waals surface area contributed by atoms with Crippen LogP contribution in [0.3, 0.4) is 0 Å². The predicted molar refractivity (Wildman–Crippen MR) is 66.2 cm³/mol. The van der Waals surface area contributed by atoms with Crippen LogP contribution in [0.1, 0.15) is 18.1 Å². The van der Waals surface area contributed by atoms with Gasteiger partial charge in [-0.1, -0.05) is 12.1 Å². The van der Waals surface area contributed by atoms with E-state index in [2.05, 4.69) is 20.7 Å². The van der Waals surface area contributed by atoms with Gasteiger partial charge < -0.3 is 11.1 Å². The maximum absolute atomic E-state index is 11.8. The summed E-state index contributed by atoms with van der Waals surface area (Å²) in [6.07, 6.45) is 3.24. The second kappa shape index (κ2) is 5.29. The number of rotatable bonds is 4. The van der Waals surface area contributed by atoms with Gasteiger partial charge in [0, 0.05) is 12.5 Å². The normalized spacial score (nSPS) is 10.4. The minimum absolute atomic E-state index is 0.0686. The third-order valence-corrected chi connectivity index (χ3v) is 2.33. The van der Waals surface area contributed by atoms with Crippen molar-refractivity contribution in [1.29, 1.82) is 0 Å². The molecule has 9 nitrogen and oxygen atoms in total. The van der Waals surface area contributed by atoms with E-state index in [-0.39, 0.29) is 24.2 Å². The van der Waals surface area contributed by atoms with E-state index in [4.69, 9.17) is 5.73 Å². The zero-order valence-electron chi connectivity index (χ0n) is 10.3. The first kappa shape index (κ1) is 12.7. The van der Waals surface area contributed by atoms with E-state index in [0.29, 0.717) is 12.2 Å². The molecule has 0 atom stereocenters. The van der Waals surface area contributed by atoms with Gasteiger partial charge in [-0.25, -0.2) is 4.68 Å². The average molecular weight is 263 g/mol. The number of carbonyl (C=O) groups excluding carboxylic acids is 2. The van der Waals surface area contributed by atoms with Crippen LogP contribution in [0.25, 0.3) is 0 Å². The van der Waals surface area contributed by atoms with Crippen LogP contribution in [0.5, 0.6) is 0 Å². The molecule has 0 radical (unpaired) electrons. The molecule has 0 aliphatic rings. The molecule has 9 heteroatoms. The van der Waals surface area contributed by atoms with Crippen LogP contribution in [0.4, 0.5) is 11.6 Å². The van der Waals surface area contributed by atoms with Crippen molar-refractivity contribution in [3.8, 4) is 0 Å². The Kier molecular flexibility index (Phi) is 3.55. The molecular formula is C10H13N7O2. The summed E-state index contributed by atoms with van der Waals surface area (Å²) in [5.74, 6) is 0.0353. The van der Waals surface area contributed by atoms with Gasteiger partial charge in [-0.15, -0.1) is 5.10 Å². The summed E-state index contributed by atoms with van der Waals surface area (Å²) in [6, 6.07) is 1.52. The summed E-state index contributed by atoms with van der Waals surface area (Å²) in [5.41, 5.74) is 5.56. The van der Waals surface area contributed by atoms with Crippen molar-refractivity contribution in [1.82, 2.24) is 24.8 Å². The number of carbonyl (C=O) groups is 2. The molecule has 0 aromatic carbocycles. The van der Waals surface area contributed by atoms with Crippen molar-refractivity contribution in [2.75, 3.05) is 11.1 Å². The van der Waals surface area contributed by atoms with Gasteiger partial charge in [-0.3, -0.25) is 9.59 Å². The molecule has 2 aromatic heterocycles. The lowest BCUT2D eigenvalue weighted by molar-refractivity contribution is -0.115. The summed E-state index contributed by atoms with van der Waals surface area (Å²) in [5, 5.41) is 13.8. The number of nitrogens with one attached hydrogen (secondary N) is 1. The largest absolute Gasteiger partial charge is 0.383 e. The molecule has 0 aliphatic carbocycles. The number of nitrogens with two attached hydrogens (primary N) is 1. The predicted octanol–water partition coefficient (Wildman–Crippen LogP) is -0.254. The molecule has 0 bridgehead atoms. The van der Waals surface area contributed by atoms with E-state index in [1.54, 1.807) is 6.92 Å². The average Bonchev–Trinajstić information content (AvgIpc) is 2.98. The number of nitrogen functional groups attached to an aromatic ring is 1. The van der Waals surface area contributed by atoms with Crippen molar-refractivity contribution in [2.24, 2.45) is 0 Å². The summed E-state index contributed by atoms with van der Waals surface area (Å²) >= 11 is 0. The highest BCUT2D eigenvalue weighted by Gasteiger charge is 2.11. The van der Waals surface area contributed by atoms with Crippen molar-refractivity contribution in [3.05, 3.63) is 18.5 Å². The molecular weight excluding hydrogens is 250 g/mol. The van der Waals surface area contributed by atoms with Crippen molar-refractivity contribution in [2.45, 2.75) is 19.9 Å². The Bertz CT molecular complexity index is 601. The molecule has 3 N–H and O–H groups in total. The van der Waals surface area contributed by atoms with Gasteiger partial charge in [-0.2, -0.15) is 9.78 Å². The molecule has 1 amide bonds. The van der Waals surface area contributed by atoms with Gasteiger partial charge in [0.1, 0.15) is 12.4 Å². The van der Waals surface area contributed by atoms with Crippen LogP contribution in [0.2, 0.25) is 0 Å². The number of amides is 1. The number of anilines is 2. The van der Waals surface area contributed by atoms with Crippen LogP contribution in [-0.2, 0) is 11.3 Å². The summed E-state index contributed by atoms with van der Waals surface area (Å²) < 4.78 is 2.38. The number of aromatic nitrogens is 5. The molecule has 2 aromatic rings. The van der Waals surface area contributed by atoms with Crippen molar-refractivity contribution >= 4 is 23.5 Å². The molecule has 2 heterocycles. The van der Waals surface area contributed by atoms with Crippen LogP contribution in [0.15, 0.2) is 18.5 Å². The Labute approximate surface area is 108 Å². The van der Waals surface area contributed by atoms with E-state index in [9.17, 15) is 9.59 Å². The van der Waals surface area contributed by atoms with Gasteiger partial charge in [0.15, 0.2) is 5.82 Å². The zero-order valence-corrected chi connectivity index (χ0v) is 10.3. The molecule has 0 spiro atoms. The molecule has 2 rings (SSSR count). The number of nitrogens with zero attached hydrogens (tertiary/aromatic N) is 5. The minimum Gasteiger partial charge on any atom is -0.383 e. The standard InChI is InChI=1S/C10H13N7O2/c1-2-9(18)13-8-5-16(15-14-8)6-10(19)17-7(11)3-4-12-17/h3-5H,2,6,11H2,1H3,(H,13,18). The van der Waals surface area contributed by atoms with Crippen LogP contribution in [0, 0.1) is 0 Å². The molecule has 0 saturated carbocycles. The first-order chi connectivity index (χ1) is 9.10. The van der Waals surface area contributed by atoms with E-state index in [1.165, 1.54) is 23.1 Å². The van der Waals surface area contributed by atoms with E-state index in [1.807, 2.05) is 0 Å². The Balaban J connectivity index is 2.02. The molecule has 0 aliphatic heterocycles. The Morgan fingerprint density at radius 1 is 1.47 bits per heavy atom. The van der Waals surface area contributed by atoms with Gasteiger partial charge in [0.25, 0.3) is 5.91 Å². The van der Waals surface area contributed by atoms with Gasteiger partial charge in [0.05, 0.1) is 12.4 Å². The zero-order chi connectivity index (χ0) is 13.8. The summed E-state index contributed by atoms with van der Waals surface area (Å²) in [7, 11) is 0. The smallest absolute Gasteiger partial charge is 0.270 e. The Morgan fingerprint density at radius 3 is 2.89 bits per heavy atom. The quantitative estimate of drug-likeness (QED) is 0.784. The van der Waals surface area contributed by atoms with Crippen LogP contribution >= 0.6 is 0 Å². The Morgan fingerprint density at radius 2 is 2.26 bits per heavy atom. The van der Waals surface area contributed by atoms with Crippen molar-refractivity contribution < 1.29 is 9.59 Å². The topological polar surface area (TPSA) is 121 Å². The third kappa shape index (κ3) is 2.94. The fourth-order valence-corrected chi connectivity index (χ4v) is 1.39. The minimum atomic E-state index is -0.347. The molecule has 0 unspecified atom stereocenters. The SMILES string of the molecule is CCC(=O)Nc1cn(CC(=O)n2nccc2N)nn1. The van der Waals surface area contributed by atoms with E-state index in [0.717, 1.165) is 4.68 Å². The molecule has 19 heavy (non-hydrogen) atoms. The number of hydrogen-bond donors (Lipinski definition) is 2. The maximum Gasteiger partial charge on any atom is 0.270 e. The highest BCUT2D eigenvalue weighted by molar-refractivity contribution is 5.89. The van der Waals surface area contributed by atoms with Crippen molar-refractivity contribution in [3.63, 3.8) is 0 Å². The van der Waals surface area contributed by atoms with Crippen LogP contribution in [-0.4, -0.2) is 36.6 Å². The molecule has 0 saturated heterocycles. The fourth-order valence-electron chi connectivity index (χ4n) is 1.39. The second-order valence-corrected chi connectivity index (χ2v) is 3.76. The first-order valence-electron chi connectivity index (χ1n) is 5.63. The fraction of sp³-hybridized carbons (Fsp3) is 0.300. The van der Waals surface area contributed by atoms with E-state index < -0.39 is 0 Å².